The van der Waals surface area contributed by atoms with E-state index in [1.54, 1.807) is 42.5 Å². The third kappa shape index (κ3) is 3.30. The van der Waals surface area contributed by atoms with E-state index in [1.165, 1.54) is 23.2 Å². The van der Waals surface area contributed by atoms with Crippen LogP contribution < -0.4 is 0 Å². The second-order valence-electron chi connectivity index (χ2n) is 6.56. The first kappa shape index (κ1) is 18.9. The molecular weight excluding hydrogens is 388 g/mol. The zero-order chi connectivity index (χ0) is 20.6. The van der Waals surface area contributed by atoms with E-state index in [9.17, 15) is 13.2 Å². The quantitative estimate of drug-likeness (QED) is 0.379. The van der Waals surface area contributed by atoms with Crippen LogP contribution in [-0.2, 0) is 19.6 Å². The van der Waals surface area contributed by atoms with Gasteiger partial charge >= 0.3 is 5.97 Å². The number of benzene rings is 2. The molecule has 29 heavy (non-hydrogen) atoms. The molecule has 0 aliphatic heterocycles. The Morgan fingerprint density at radius 3 is 2.45 bits per heavy atom. The van der Waals surface area contributed by atoms with Crippen molar-refractivity contribution in [3.63, 3.8) is 0 Å². The molecule has 146 valence electrons. The summed E-state index contributed by atoms with van der Waals surface area (Å²) >= 11 is 0. The number of nitrogens with zero attached hydrogens (tertiary/aromatic N) is 2. The molecule has 4 rings (SSSR count). The molecule has 7 heteroatoms. The molecule has 0 radical (unpaired) electrons. The summed E-state index contributed by atoms with van der Waals surface area (Å²) in [6.07, 6.45) is 2.74. The maximum absolute atomic E-state index is 13.5. The number of carbonyl (C=O) groups excluding carboxylic acids is 1. The van der Waals surface area contributed by atoms with Crippen LogP contribution >= 0.6 is 0 Å². The second-order valence-corrected chi connectivity index (χ2v) is 8.35. The molecule has 6 nitrogen and oxygen atoms in total. The van der Waals surface area contributed by atoms with Gasteiger partial charge in [0.25, 0.3) is 10.0 Å². The van der Waals surface area contributed by atoms with Crippen LogP contribution in [0, 0.1) is 6.92 Å². The minimum atomic E-state index is -3.88. The number of hydrogen-bond acceptors (Lipinski definition) is 5. The number of carbonyl (C=O) groups is 1. The largest absolute Gasteiger partial charge is 0.466 e. The van der Waals surface area contributed by atoms with Gasteiger partial charge < -0.3 is 4.74 Å². The summed E-state index contributed by atoms with van der Waals surface area (Å²) in [6, 6.07) is 17.5. The Balaban J connectivity index is 2.01. The van der Waals surface area contributed by atoms with E-state index in [0.717, 1.165) is 10.9 Å². The molecule has 2 aromatic heterocycles. The predicted octanol–water partition coefficient (Wildman–Crippen LogP) is 3.92. The third-order valence-corrected chi connectivity index (χ3v) is 6.37. The standard InChI is InChI=1S/C22H18N2O4S/c1-15-7-11-17(12-8-15)29(26,27)24-20-6-4-3-5-18(20)19-13-9-16(23-22(19)24)10-14-21(25)28-2/h3-14H,1-2H3/b14-10+. The molecule has 0 saturated heterocycles. The third-order valence-electron chi connectivity index (χ3n) is 4.65. The number of aromatic nitrogens is 2. The van der Waals surface area contributed by atoms with E-state index in [0.29, 0.717) is 22.2 Å². The van der Waals surface area contributed by atoms with Crippen LogP contribution in [0.4, 0.5) is 0 Å². The number of pyridine rings is 1. The fraction of sp³-hybridized carbons (Fsp3) is 0.0909. The topological polar surface area (TPSA) is 78.3 Å². The first-order valence-corrected chi connectivity index (χ1v) is 10.3. The second kappa shape index (κ2) is 7.18. The minimum absolute atomic E-state index is 0.183. The number of methoxy groups -OCH3 is 1. The molecule has 0 fully saturated rings. The first-order chi connectivity index (χ1) is 13.9. The van der Waals surface area contributed by atoms with Crippen LogP contribution in [0.3, 0.4) is 0 Å². The Morgan fingerprint density at radius 2 is 1.72 bits per heavy atom. The summed E-state index contributed by atoms with van der Waals surface area (Å²) in [5, 5.41) is 1.50. The van der Waals surface area contributed by atoms with Crippen molar-refractivity contribution in [3.8, 4) is 0 Å². The van der Waals surface area contributed by atoms with Gasteiger partial charge in [-0.05, 0) is 43.3 Å². The monoisotopic (exact) mass is 406 g/mol. The predicted molar refractivity (Wildman–Crippen MR) is 112 cm³/mol. The van der Waals surface area contributed by atoms with Crippen molar-refractivity contribution in [2.24, 2.45) is 0 Å². The Morgan fingerprint density at radius 1 is 1.00 bits per heavy atom. The summed E-state index contributed by atoms with van der Waals surface area (Å²) in [4.78, 5) is 16.1. The van der Waals surface area contributed by atoms with Gasteiger partial charge in [-0.25, -0.2) is 22.2 Å². The summed E-state index contributed by atoms with van der Waals surface area (Å²) in [5.74, 6) is -0.514. The number of para-hydroxylation sites is 1. The molecule has 0 saturated carbocycles. The Bertz CT molecular complexity index is 1370. The Labute approximate surface area is 168 Å². The zero-order valence-electron chi connectivity index (χ0n) is 15.9. The fourth-order valence-electron chi connectivity index (χ4n) is 3.19. The van der Waals surface area contributed by atoms with Crippen LogP contribution in [0.1, 0.15) is 11.3 Å². The van der Waals surface area contributed by atoms with E-state index in [1.807, 2.05) is 25.1 Å². The molecule has 0 aliphatic rings. The summed E-state index contributed by atoms with van der Waals surface area (Å²) in [6.45, 7) is 1.90. The zero-order valence-corrected chi connectivity index (χ0v) is 16.7. The molecule has 0 aliphatic carbocycles. The van der Waals surface area contributed by atoms with Gasteiger partial charge in [0.2, 0.25) is 0 Å². The molecule has 0 N–H and O–H groups in total. The minimum Gasteiger partial charge on any atom is -0.466 e. The number of rotatable bonds is 4. The lowest BCUT2D eigenvalue weighted by atomic mass is 10.2. The summed E-state index contributed by atoms with van der Waals surface area (Å²) in [7, 11) is -2.59. The molecule has 4 aromatic rings. The van der Waals surface area contributed by atoms with Gasteiger partial charge in [0.05, 0.1) is 23.2 Å². The molecule has 0 spiro atoms. The van der Waals surface area contributed by atoms with Crippen LogP contribution in [0.25, 0.3) is 28.0 Å². The molecule has 0 atom stereocenters. The highest BCUT2D eigenvalue weighted by atomic mass is 32.2. The fourth-order valence-corrected chi connectivity index (χ4v) is 4.67. The highest BCUT2D eigenvalue weighted by molar-refractivity contribution is 7.90. The van der Waals surface area contributed by atoms with E-state index < -0.39 is 16.0 Å². The van der Waals surface area contributed by atoms with Crippen LogP contribution in [-0.4, -0.2) is 30.5 Å². The maximum atomic E-state index is 13.5. The van der Waals surface area contributed by atoms with E-state index in [2.05, 4.69) is 9.72 Å². The summed E-state index contributed by atoms with van der Waals surface area (Å²) < 4.78 is 32.8. The number of hydrogen-bond donors (Lipinski definition) is 0. The van der Waals surface area contributed by atoms with Gasteiger partial charge in [-0.15, -0.1) is 0 Å². The van der Waals surface area contributed by atoms with Crippen molar-refractivity contribution in [1.82, 2.24) is 8.96 Å². The molecule has 0 unspecified atom stereocenters. The number of fused-ring (bicyclic) bond motifs is 3. The van der Waals surface area contributed by atoms with Crippen molar-refractivity contribution in [2.75, 3.05) is 7.11 Å². The van der Waals surface area contributed by atoms with E-state index in [4.69, 9.17) is 0 Å². The van der Waals surface area contributed by atoms with Gasteiger partial charge in [-0.3, -0.25) is 0 Å². The van der Waals surface area contributed by atoms with Gasteiger partial charge in [0, 0.05) is 16.8 Å². The highest BCUT2D eigenvalue weighted by Crippen LogP contribution is 2.31. The van der Waals surface area contributed by atoms with Crippen LogP contribution in [0.15, 0.2) is 71.6 Å². The average Bonchev–Trinajstić information content (AvgIpc) is 3.06. The van der Waals surface area contributed by atoms with Crippen molar-refractivity contribution in [2.45, 2.75) is 11.8 Å². The average molecular weight is 406 g/mol. The molecular formula is C22H18N2O4S. The van der Waals surface area contributed by atoms with Crippen molar-refractivity contribution in [3.05, 3.63) is 78.0 Å². The number of ether oxygens (including phenoxy) is 1. The molecule has 0 amide bonds. The Kier molecular flexibility index (Phi) is 4.68. The lowest BCUT2D eigenvalue weighted by molar-refractivity contribution is -0.134. The van der Waals surface area contributed by atoms with Crippen LogP contribution in [0.5, 0.6) is 0 Å². The van der Waals surface area contributed by atoms with Crippen molar-refractivity contribution in [1.29, 1.82) is 0 Å². The van der Waals surface area contributed by atoms with E-state index in [-0.39, 0.29) is 4.90 Å². The number of aryl methyl sites for hydroxylation is 1. The molecule has 2 heterocycles. The SMILES string of the molecule is COC(=O)/C=C/c1ccc2c3ccccc3n(S(=O)(=O)c3ccc(C)cc3)c2n1. The molecule has 0 bridgehead atoms. The highest BCUT2D eigenvalue weighted by Gasteiger charge is 2.24. The van der Waals surface area contributed by atoms with Crippen molar-refractivity contribution < 1.29 is 17.9 Å². The lowest BCUT2D eigenvalue weighted by Gasteiger charge is -2.09. The maximum Gasteiger partial charge on any atom is 0.330 e. The summed E-state index contributed by atoms with van der Waals surface area (Å²) in [5.41, 5.74) is 2.27. The van der Waals surface area contributed by atoms with Crippen LogP contribution in [0.2, 0.25) is 0 Å². The first-order valence-electron chi connectivity index (χ1n) is 8.90. The lowest BCUT2D eigenvalue weighted by Crippen LogP contribution is -2.13. The Hall–Kier alpha value is -3.45. The van der Waals surface area contributed by atoms with E-state index >= 15 is 0 Å². The van der Waals surface area contributed by atoms with Gasteiger partial charge in [-0.1, -0.05) is 35.9 Å². The smallest absolute Gasteiger partial charge is 0.330 e. The number of esters is 1. The van der Waals surface area contributed by atoms with Gasteiger partial charge in [0.15, 0.2) is 5.65 Å². The van der Waals surface area contributed by atoms with Crippen molar-refractivity contribution >= 4 is 44.0 Å². The van der Waals surface area contributed by atoms with Gasteiger partial charge in [0.1, 0.15) is 0 Å². The van der Waals surface area contributed by atoms with Gasteiger partial charge in [-0.2, -0.15) is 0 Å². The molecule has 2 aromatic carbocycles. The normalized spacial score (nSPS) is 12.1.